The summed E-state index contributed by atoms with van der Waals surface area (Å²) in [6.07, 6.45) is 0. The molecular weight excluding hydrogens is 664 g/mol. The van der Waals surface area contributed by atoms with Crippen LogP contribution < -0.4 is 9.47 Å². The average molecular weight is 668 g/mol. The third-order valence-electron chi connectivity index (χ3n) is 1.71. The number of halogens is 6. The Kier molecular flexibility index (Phi) is 7.20. The van der Waals surface area contributed by atoms with Gasteiger partial charge in [0.05, 0.1) is 0 Å². The molecule has 0 unspecified atom stereocenters. The van der Waals surface area contributed by atoms with Gasteiger partial charge in [0.15, 0.2) is 0 Å². The minimum absolute atomic E-state index is 0.306. The highest BCUT2D eigenvalue weighted by Gasteiger charge is 2.32. The number of alkyl halides is 6. The van der Waals surface area contributed by atoms with Gasteiger partial charge in [0.25, 0.3) is 0 Å². The molecule has 0 aromatic heterocycles. The second-order valence-electron chi connectivity index (χ2n) is 3.25. The molecule has 0 radical (unpaired) electrons. The first-order valence-corrected chi connectivity index (χ1v) is 9.44. The zero-order chi connectivity index (χ0) is 15.6. The average Bonchev–Trinajstić information content (AvgIpc) is 2.29. The van der Waals surface area contributed by atoms with Crippen LogP contribution in [0.4, 0.5) is 0 Å². The van der Waals surface area contributed by atoms with Crippen molar-refractivity contribution < 1.29 is 19.1 Å². The molecule has 10 heteroatoms. The maximum atomic E-state index is 11.6. The molecule has 1 aromatic carbocycles. The van der Waals surface area contributed by atoms with E-state index >= 15 is 0 Å². The summed E-state index contributed by atoms with van der Waals surface area (Å²) < 4.78 is 7.84. The van der Waals surface area contributed by atoms with Crippen molar-refractivity contribution in [2.24, 2.45) is 0 Å². The first-order valence-electron chi connectivity index (χ1n) is 4.68. The van der Waals surface area contributed by atoms with Gasteiger partial charge in [0, 0.05) is 0 Å². The summed E-state index contributed by atoms with van der Waals surface area (Å²) >= 11 is 18.3. The van der Waals surface area contributed by atoms with E-state index < -0.39 is 16.2 Å². The van der Waals surface area contributed by atoms with Crippen LogP contribution >= 0.6 is 95.6 Å². The smallest absolute Gasteiger partial charge is 0.350 e. The lowest BCUT2D eigenvalue weighted by Crippen LogP contribution is -2.23. The molecule has 1 rings (SSSR count). The summed E-state index contributed by atoms with van der Waals surface area (Å²) in [6.45, 7) is 0. The van der Waals surface area contributed by atoms with Crippen molar-refractivity contribution in [2.75, 3.05) is 0 Å². The molecule has 0 spiro atoms. The van der Waals surface area contributed by atoms with Gasteiger partial charge in [-0.2, -0.15) is 0 Å². The van der Waals surface area contributed by atoms with Crippen molar-refractivity contribution in [3.05, 3.63) is 24.3 Å². The number of carbonyl (C=O) groups is 2. The summed E-state index contributed by atoms with van der Waals surface area (Å²) in [7, 11) is 0. The van der Waals surface area contributed by atoms with Crippen molar-refractivity contribution >= 4 is 108 Å². The molecule has 0 bridgehead atoms. The molecule has 0 saturated heterocycles. The molecule has 1 aromatic rings. The molecule has 0 atom stereocenters. The van der Waals surface area contributed by atoms with Crippen LogP contribution in [0.5, 0.6) is 11.5 Å². The van der Waals surface area contributed by atoms with Crippen molar-refractivity contribution in [3.8, 4) is 11.5 Å². The fourth-order valence-corrected chi connectivity index (χ4v) is 1.39. The number of esters is 2. The highest BCUT2D eigenvalue weighted by atomic mass is 80.0. The van der Waals surface area contributed by atoms with Crippen LogP contribution in [0.25, 0.3) is 0 Å². The third kappa shape index (κ3) is 6.43. The number of ether oxygens (including phenoxy) is 2. The molecule has 0 aliphatic rings. The molecule has 0 aliphatic carbocycles. The Morgan fingerprint density at radius 3 is 1.15 bits per heavy atom. The van der Waals surface area contributed by atoms with Gasteiger partial charge < -0.3 is 9.47 Å². The Hall–Kier alpha value is 1.04. The maximum Gasteiger partial charge on any atom is 0.350 e. The quantitative estimate of drug-likeness (QED) is 0.248. The van der Waals surface area contributed by atoms with Crippen molar-refractivity contribution in [2.45, 2.75) is 4.29 Å². The highest BCUT2D eigenvalue weighted by molar-refractivity contribution is 9.40. The topological polar surface area (TPSA) is 52.6 Å². The number of hydrogen-bond donors (Lipinski definition) is 0. The lowest BCUT2D eigenvalue weighted by atomic mass is 10.3. The van der Waals surface area contributed by atoms with E-state index in [9.17, 15) is 9.59 Å². The van der Waals surface area contributed by atoms with E-state index in [2.05, 4.69) is 95.6 Å². The second kappa shape index (κ2) is 7.54. The summed E-state index contributed by atoms with van der Waals surface area (Å²) in [5.74, 6) is -0.550. The van der Waals surface area contributed by atoms with Crippen LogP contribution in [0.1, 0.15) is 0 Å². The normalized spacial score (nSPS) is 11.9. The molecule has 110 valence electrons. The minimum atomic E-state index is -1.14. The van der Waals surface area contributed by atoms with Gasteiger partial charge in [-0.15, -0.1) is 0 Å². The van der Waals surface area contributed by atoms with E-state index in [1.165, 1.54) is 24.3 Å². The lowest BCUT2D eigenvalue weighted by Gasteiger charge is -2.13. The van der Waals surface area contributed by atoms with E-state index in [4.69, 9.17) is 9.47 Å². The van der Waals surface area contributed by atoms with Crippen LogP contribution in [0.15, 0.2) is 24.3 Å². The molecule has 0 fully saturated rings. The van der Waals surface area contributed by atoms with E-state index in [1.54, 1.807) is 0 Å². The molecule has 0 saturated carbocycles. The van der Waals surface area contributed by atoms with E-state index in [0.717, 1.165) is 0 Å². The van der Waals surface area contributed by atoms with Gasteiger partial charge in [0.2, 0.25) is 4.29 Å². The van der Waals surface area contributed by atoms with Gasteiger partial charge >= 0.3 is 11.9 Å². The van der Waals surface area contributed by atoms with Gasteiger partial charge in [0.1, 0.15) is 11.5 Å². The number of hydrogen-bond acceptors (Lipinski definition) is 4. The maximum absolute atomic E-state index is 11.6. The fraction of sp³-hybridized carbons (Fsp3) is 0.200. The van der Waals surface area contributed by atoms with Crippen LogP contribution in [0.3, 0.4) is 0 Å². The van der Waals surface area contributed by atoms with Crippen molar-refractivity contribution in [1.29, 1.82) is 0 Å². The molecular formula is C10H4Br6O4. The lowest BCUT2D eigenvalue weighted by molar-refractivity contribution is -0.133. The number of rotatable bonds is 2. The SMILES string of the molecule is O=C(Oc1ccc(OC(=O)C(Br)(Br)Br)cc1)C(Br)(Br)Br. The zero-order valence-electron chi connectivity index (χ0n) is 9.21. The van der Waals surface area contributed by atoms with Crippen LogP contribution in [0.2, 0.25) is 0 Å². The van der Waals surface area contributed by atoms with Crippen LogP contribution in [-0.2, 0) is 9.59 Å². The van der Waals surface area contributed by atoms with Crippen molar-refractivity contribution in [3.63, 3.8) is 0 Å². The van der Waals surface area contributed by atoms with E-state index in [0.29, 0.717) is 11.5 Å². The first kappa shape index (κ1) is 19.1. The van der Waals surface area contributed by atoms with Crippen LogP contribution in [-0.4, -0.2) is 16.2 Å². The standard InChI is InChI=1S/C10H4Br6O4/c11-9(12,13)7(17)19-5-1-2-6(4-3-5)20-8(18)10(14,15)16/h1-4H. The van der Waals surface area contributed by atoms with Crippen molar-refractivity contribution in [1.82, 2.24) is 0 Å². The predicted molar refractivity (Wildman–Crippen MR) is 96.7 cm³/mol. The van der Waals surface area contributed by atoms with Gasteiger partial charge in [-0.25, -0.2) is 9.59 Å². The monoisotopic (exact) mass is 662 g/mol. The first-order chi connectivity index (χ1) is 9.00. The molecule has 0 N–H and O–H groups in total. The second-order valence-corrected chi connectivity index (χ2v) is 16.8. The molecule has 20 heavy (non-hydrogen) atoms. The largest absolute Gasteiger partial charge is 0.424 e. The molecule has 4 nitrogen and oxygen atoms in total. The number of carbonyl (C=O) groups excluding carboxylic acids is 2. The Morgan fingerprint density at radius 2 is 0.950 bits per heavy atom. The predicted octanol–water partition coefficient (Wildman–Crippen LogP) is 5.17. The Bertz CT molecular complexity index is 455. The Balaban J connectivity index is 2.71. The highest BCUT2D eigenvalue weighted by Crippen LogP contribution is 2.36. The minimum Gasteiger partial charge on any atom is -0.424 e. The molecule has 0 amide bonds. The fourth-order valence-electron chi connectivity index (χ4n) is 0.906. The van der Waals surface area contributed by atoms with Gasteiger partial charge in [-0.3, -0.25) is 0 Å². The summed E-state index contributed by atoms with van der Waals surface area (Å²) in [4.78, 5) is 23.1. The Morgan fingerprint density at radius 1 is 0.700 bits per heavy atom. The summed E-state index contributed by atoms with van der Waals surface area (Å²) in [5, 5.41) is 0. The molecule has 0 aliphatic heterocycles. The Labute approximate surface area is 165 Å². The van der Waals surface area contributed by atoms with Gasteiger partial charge in [-0.1, -0.05) is 0 Å². The van der Waals surface area contributed by atoms with E-state index in [1.807, 2.05) is 0 Å². The third-order valence-corrected chi connectivity index (χ3v) is 3.65. The molecule has 0 heterocycles. The number of benzene rings is 1. The summed E-state index contributed by atoms with van der Waals surface area (Å²) in [6, 6.07) is 5.99. The summed E-state index contributed by atoms with van der Waals surface area (Å²) in [5.41, 5.74) is 0. The zero-order valence-corrected chi connectivity index (χ0v) is 18.7. The van der Waals surface area contributed by atoms with Crippen LogP contribution in [0, 0.1) is 0 Å². The van der Waals surface area contributed by atoms with E-state index in [-0.39, 0.29) is 0 Å². The van der Waals surface area contributed by atoms with Gasteiger partial charge in [-0.05, 0) is 120 Å².